The van der Waals surface area contributed by atoms with Crippen LogP contribution in [0.2, 0.25) is 0 Å². The van der Waals surface area contributed by atoms with Crippen molar-refractivity contribution in [3.05, 3.63) is 80.1 Å². The second-order valence-corrected chi connectivity index (χ2v) is 9.01. The van der Waals surface area contributed by atoms with Crippen molar-refractivity contribution in [1.82, 2.24) is 4.90 Å². The van der Waals surface area contributed by atoms with Crippen molar-refractivity contribution in [3.8, 4) is 0 Å². The highest BCUT2D eigenvalue weighted by atomic mass is 79.9. The second kappa shape index (κ2) is 8.57. The predicted octanol–water partition coefficient (Wildman–Crippen LogP) is 2.41. The molecule has 3 heterocycles. The summed E-state index contributed by atoms with van der Waals surface area (Å²) < 4.78 is 12.2. The van der Waals surface area contributed by atoms with E-state index in [1.54, 1.807) is 17.0 Å². The summed E-state index contributed by atoms with van der Waals surface area (Å²) in [7, 11) is 0. The molecule has 2 aliphatic heterocycles. The molecular formula is C24H24BrN2O4+. The number of morpholine rings is 1. The lowest BCUT2D eigenvalue weighted by Gasteiger charge is -2.27. The SMILES string of the molecule is O=C1c2oc3ccc(Br)cc3c(=O)c2C(c2ccccc2)N1CCC[NH+]1CCOCC1. The molecule has 1 aromatic heterocycles. The highest BCUT2D eigenvalue weighted by molar-refractivity contribution is 9.10. The van der Waals surface area contributed by atoms with E-state index in [9.17, 15) is 9.59 Å². The maximum atomic E-state index is 13.5. The molecule has 2 aliphatic rings. The minimum absolute atomic E-state index is 0.138. The Bertz CT molecular complexity index is 1170. The molecule has 1 unspecified atom stereocenters. The van der Waals surface area contributed by atoms with Crippen LogP contribution in [0.4, 0.5) is 0 Å². The van der Waals surface area contributed by atoms with Crippen LogP contribution in [0.3, 0.4) is 0 Å². The monoisotopic (exact) mass is 483 g/mol. The van der Waals surface area contributed by atoms with Gasteiger partial charge in [-0.2, -0.15) is 0 Å². The number of amides is 1. The van der Waals surface area contributed by atoms with E-state index < -0.39 is 6.04 Å². The number of carbonyl (C=O) groups is 1. The summed E-state index contributed by atoms with van der Waals surface area (Å²) in [6.45, 7) is 5.12. The Morgan fingerprint density at radius 2 is 1.84 bits per heavy atom. The van der Waals surface area contributed by atoms with Gasteiger partial charge in [0.25, 0.3) is 5.91 Å². The van der Waals surface area contributed by atoms with Gasteiger partial charge >= 0.3 is 0 Å². The topological polar surface area (TPSA) is 64.2 Å². The molecule has 31 heavy (non-hydrogen) atoms. The molecule has 0 bridgehead atoms. The zero-order chi connectivity index (χ0) is 21.4. The zero-order valence-corrected chi connectivity index (χ0v) is 18.7. The van der Waals surface area contributed by atoms with Crippen LogP contribution in [0.1, 0.15) is 34.1 Å². The lowest BCUT2D eigenvalue weighted by molar-refractivity contribution is -0.908. The first kappa shape index (κ1) is 20.4. The minimum atomic E-state index is -0.428. The van der Waals surface area contributed by atoms with Gasteiger partial charge in [0.05, 0.1) is 36.8 Å². The van der Waals surface area contributed by atoms with Crippen LogP contribution in [0.25, 0.3) is 11.0 Å². The number of benzene rings is 2. The van der Waals surface area contributed by atoms with Gasteiger partial charge in [0.2, 0.25) is 5.76 Å². The van der Waals surface area contributed by atoms with Crippen molar-refractivity contribution in [2.45, 2.75) is 12.5 Å². The third-order valence-corrected chi connectivity index (χ3v) is 6.67. The molecule has 0 aliphatic carbocycles. The summed E-state index contributed by atoms with van der Waals surface area (Å²) in [4.78, 5) is 30.2. The van der Waals surface area contributed by atoms with Crippen molar-refractivity contribution in [1.29, 1.82) is 0 Å². The lowest BCUT2D eigenvalue weighted by Crippen LogP contribution is -3.14. The van der Waals surface area contributed by atoms with Crippen LogP contribution >= 0.6 is 15.9 Å². The van der Waals surface area contributed by atoms with Crippen molar-refractivity contribution in [2.75, 3.05) is 39.4 Å². The summed E-state index contributed by atoms with van der Waals surface area (Å²) in [5.74, 6) is -0.0323. The largest absolute Gasteiger partial charge is 0.450 e. The molecule has 2 aromatic carbocycles. The average Bonchev–Trinajstić information content (AvgIpc) is 3.08. The summed E-state index contributed by atoms with van der Waals surface area (Å²) in [5, 5.41) is 0.487. The molecule has 6 nitrogen and oxygen atoms in total. The van der Waals surface area contributed by atoms with Gasteiger partial charge in [-0.1, -0.05) is 46.3 Å². The third-order valence-electron chi connectivity index (χ3n) is 6.17. The maximum Gasteiger partial charge on any atom is 0.290 e. The molecule has 1 atom stereocenters. The smallest absolute Gasteiger partial charge is 0.290 e. The van der Waals surface area contributed by atoms with Crippen molar-refractivity contribution < 1.29 is 18.8 Å². The molecular weight excluding hydrogens is 460 g/mol. The number of hydrogen-bond acceptors (Lipinski definition) is 4. The Labute approximate surface area is 188 Å². The normalized spacial score (nSPS) is 19.2. The fourth-order valence-corrected chi connectivity index (χ4v) is 4.98. The molecule has 160 valence electrons. The van der Waals surface area contributed by atoms with Crippen LogP contribution in [0.5, 0.6) is 0 Å². The quantitative estimate of drug-likeness (QED) is 0.605. The summed E-state index contributed by atoms with van der Waals surface area (Å²) in [6.07, 6.45) is 0.859. The number of nitrogens with one attached hydrogen (secondary N) is 1. The van der Waals surface area contributed by atoms with E-state index in [1.807, 2.05) is 36.4 Å². The van der Waals surface area contributed by atoms with Crippen molar-refractivity contribution in [2.24, 2.45) is 0 Å². The van der Waals surface area contributed by atoms with Crippen LogP contribution in [0, 0.1) is 0 Å². The number of halogens is 1. The second-order valence-electron chi connectivity index (χ2n) is 8.09. The molecule has 3 aromatic rings. The van der Waals surface area contributed by atoms with Crippen molar-refractivity contribution in [3.63, 3.8) is 0 Å². The van der Waals surface area contributed by atoms with Gasteiger partial charge in [0, 0.05) is 17.4 Å². The van der Waals surface area contributed by atoms with Gasteiger partial charge in [-0.3, -0.25) is 9.59 Å². The van der Waals surface area contributed by atoms with Gasteiger partial charge in [0.15, 0.2) is 5.43 Å². The molecule has 1 amide bonds. The standard InChI is InChI=1S/C24H23BrN2O4/c25-17-7-8-19-18(15-17)22(28)20-21(16-5-2-1-3-6-16)27(24(29)23(20)31-19)10-4-9-26-11-13-30-14-12-26/h1-3,5-8,15,21H,4,9-14H2/p+1. The first-order valence-corrected chi connectivity index (χ1v) is 11.5. The molecule has 0 radical (unpaired) electrons. The highest BCUT2D eigenvalue weighted by Gasteiger charge is 2.42. The Hall–Kier alpha value is -2.48. The molecule has 0 saturated carbocycles. The maximum absolute atomic E-state index is 13.5. The van der Waals surface area contributed by atoms with Gasteiger partial charge in [0.1, 0.15) is 18.7 Å². The van der Waals surface area contributed by atoms with Crippen LogP contribution in [-0.2, 0) is 4.74 Å². The van der Waals surface area contributed by atoms with E-state index in [0.29, 0.717) is 23.1 Å². The Balaban J connectivity index is 1.52. The van der Waals surface area contributed by atoms with Crippen LogP contribution in [-0.4, -0.2) is 50.2 Å². The molecule has 7 heteroatoms. The van der Waals surface area contributed by atoms with E-state index in [2.05, 4.69) is 15.9 Å². The molecule has 1 saturated heterocycles. The Kier molecular flexibility index (Phi) is 5.65. The highest BCUT2D eigenvalue weighted by Crippen LogP contribution is 2.38. The first-order valence-electron chi connectivity index (χ1n) is 10.7. The number of carbonyl (C=O) groups excluding carboxylic acids is 1. The number of ether oxygens (including phenoxy) is 1. The molecule has 1 fully saturated rings. The number of quaternary nitrogens is 1. The fraction of sp³-hybridized carbons (Fsp3) is 0.333. The lowest BCUT2D eigenvalue weighted by atomic mass is 9.98. The average molecular weight is 484 g/mol. The van der Waals surface area contributed by atoms with Gasteiger partial charge in [-0.05, 0) is 23.8 Å². The number of rotatable bonds is 5. The molecule has 5 rings (SSSR count). The Morgan fingerprint density at radius 1 is 1.06 bits per heavy atom. The van der Waals surface area contributed by atoms with E-state index in [-0.39, 0.29) is 17.1 Å². The van der Waals surface area contributed by atoms with E-state index in [1.165, 1.54) is 4.90 Å². The van der Waals surface area contributed by atoms with E-state index >= 15 is 0 Å². The Morgan fingerprint density at radius 3 is 2.61 bits per heavy atom. The minimum Gasteiger partial charge on any atom is -0.450 e. The summed E-state index contributed by atoms with van der Waals surface area (Å²) >= 11 is 3.43. The van der Waals surface area contributed by atoms with E-state index in [0.717, 1.165) is 49.3 Å². The van der Waals surface area contributed by atoms with Gasteiger partial charge in [-0.15, -0.1) is 0 Å². The fourth-order valence-electron chi connectivity index (χ4n) is 4.61. The van der Waals surface area contributed by atoms with Crippen LogP contribution < -0.4 is 10.3 Å². The van der Waals surface area contributed by atoms with Gasteiger partial charge in [-0.25, -0.2) is 0 Å². The van der Waals surface area contributed by atoms with Crippen molar-refractivity contribution >= 4 is 32.8 Å². The number of hydrogen-bond donors (Lipinski definition) is 1. The van der Waals surface area contributed by atoms with Crippen LogP contribution in [0.15, 0.2) is 62.2 Å². The molecule has 0 spiro atoms. The summed E-state index contributed by atoms with van der Waals surface area (Å²) in [5.41, 5.74) is 1.67. The predicted molar refractivity (Wildman–Crippen MR) is 121 cm³/mol. The summed E-state index contributed by atoms with van der Waals surface area (Å²) in [6, 6.07) is 14.6. The third kappa shape index (κ3) is 3.82. The first-order chi connectivity index (χ1) is 15.1. The zero-order valence-electron chi connectivity index (χ0n) is 17.1. The number of nitrogens with zero attached hydrogens (tertiary/aromatic N) is 1. The molecule has 1 N–H and O–H groups in total. The number of fused-ring (bicyclic) bond motifs is 2. The van der Waals surface area contributed by atoms with E-state index in [4.69, 9.17) is 9.15 Å². The van der Waals surface area contributed by atoms with Gasteiger partial charge < -0.3 is 19.0 Å².